The molecule has 0 bridgehead atoms. The van der Waals surface area contributed by atoms with E-state index in [1.807, 2.05) is 22.9 Å². The molecule has 3 rings (SSSR count). The van der Waals surface area contributed by atoms with E-state index in [4.69, 9.17) is 0 Å². The molecule has 2 amide bonds. The summed E-state index contributed by atoms with van der Waals surface area (Å²) < 4.78 is 0. The zero-order valence-corrected chi connectivity index (χ0v) is 14.6. The van der Waals surface area contributed by atoms with Crippen LogP contribution < -0.4 is 10.6 Å². The van der Waals surface area contributed by atoms with Gasteiger partial charge in [-0.15, -0.1) is 22.7 Å². The van der Waals surface area contributed by atoms with Crippen molar-refractivity contribution >= 4 is 33.8 Å². The first-order valence-corrected chi connectivity index (χ1v) is 8.98. The highest BCUT2D eigenvalue weighted by Gasteiger charge is 2.08. The predicted octanol–water partition coefficient (Wildman–Crippen LogP) is 4.81. The van der Waals surface area contributed by atoms with Crippen LogP contribution >= 0.6 is 22.7 Å². The van der Waals surface area contributed by atoms with Crippen LogP contribution in [0.15, 0.2) is 41.1 Å². The summed E-state index contributed by atoms with van der Waals surface area (Å²) in [5, 5.41) is 10.2. The number of aromatic nitrogens is 1. The van der Waals surface area contributed by atoms with Gasteiger partial charge in [0, 0.05) is 15.8 Å². The molecule has 1 aromatic carbocycles. The molecule has 118 valence electrons. The fourth-order valence-electron chi connectivity index (χ4n) is 2.09. The Balaban J connectivity index is 1.62. The highest BCUT2D eigenvalue weighted by Crippen LogP contribution is 2.26. The highest BCUT2D eigenvalue weighted by atomic mass is 32.1. The molecule has 0 radical (unpaired) electrons. The lowest BCUT2D eigenvalue weighted by Gasteiger charge is -2.04. The van der Waals surface area contributed by atoms with Crippen LogP contribution in [0.25, 0.3) is 11.3 Å². The third kappa shape index (κ3) is 3.97. The predicted molar refractivity (Wildman–Crippen MR) is 97.2 cm³/mol. The summed E-state index contributed by atoms with van der Waals surface area (Å²) in [6, 6.07) is 9.98. The normalized spacial score (nSPS) is 10.5. The Morgan fingerprint density at radius 2 is 2.04 bits per heavy atom. The number of hydrogen-bond donors (Lipinski definition) is 2. The van der Waals surface area contributed by atoms with Gasteiger partial charge in [0.25, 0.3) is 0 Å². The number of nitrogens with one attached hydrogen (secondary N) is 2. The standard InChI is InChI=1S/C17H17N3OS2/c1-11-5-6-13(8-12(11)2)15-10-23-17(19-15)20-16(21)18-9-14-4-3-7-22-14/h3-8,10H,9H2,1-2H3,(H2,18,19,20,21). The van der Waals surface area contributed by atoms with Crippen LogP contribution in [-0.4, -0.2) is 11.0 Å². The van der Waals surface area contributed by atoms with Crippen LogP contribution in [-0.2, 0) is 6.54 Å². The Morgan fingerprint density at radius 1 is 1.17 bits per heavy atom. The quantitative estimate of drug-likeness (QED) is 0.714. The van der Waals surface area contributed by atoms with E-state index in [-0.39, 0.29) is 6.03 Å². The minimum Gasteiger partial charge on any atom is -0.333 e. The first-order valence-electron chi connectivity index (χ1n) is 7.22. The highest BCUT2D eigenvalue weighted by molar-refractivity contribution is 7.14. The van der Waals surface area contributed by atoms with E-state index in [2.05, 4.69) is 47.7 Å². The number of amides is 2. The van der Waals surface area contributed by atoms with Gasteiger partial charge in [0.1, 0.15) is 0 Å². The van der Waals surface area contributed by atoms with Gasteiger partial charge in [-0.25, -0.2) is 9.78 Å². The van der Waals surface area contributed by atoms with Gasteiger partial charge in [0.2, 0.25) is 0 Å². The van der Waals surface area contributed by atoms with Crippen molar-refractivity contribution in [1.29, 1.82) is 0 Å². The zero-order chi connectivity index (χ0) is 16.2. The minimum atomic E-state index is -0.237. The van der Waals surface area contributed by atoms with Crippen molar-refractivity contribution in [2.75, 3.05) is 5.32 Å². The lowest BCUT2D eigenvalue weighted by Crippen LogP contribution is -2.27. The number of carbonyl (C=O) groups excluding carboxylic acids is 1. The van der Waals surface area contributed by atoms with E-state index in [0.29, 0.717) is 11.7 Å². The summed E-state index contributed by atoms with van der Waals surface area (Å²) in [6.45, 7) is 4.70. The second kappa shape index (κ2) is 6.93. The van der Waals surface area contributed by atoms with Crippen LogP contribution in [0.3, 0.4) is 0 Å². The van der Waals surface area contributed by atoms with Gasteiger partial charge in [-0.3, -0.25) is 5.32 Å². The molecule has 0 aliphatic carbocycles. The Hall–Kier alpha value is -2.18. The van der Waals surface area contributed by atoms with Gasteiger partial charge < -0.3 is 5.32 Å². The molecule has 0 spiro atoms. The number of nitrogens with zero attached hydrogens (tertiary/aromatic N) is 1. The molecule has 0 saturated carbocycles. The second-order valence-corrected chi connectivity index (χ2v) is 7.11. The SMILES string of the molecule is Cc1ccc(-c2csc(NC(=O)NCc3cccs3)n2)cc1C. The summed E-state index contributed by atoms with van der Waals surface area (Å²) in [5.74, 6) is 0. The fourth-order valence-corrected chi connectivity index (χ4v) is 3.45. The van der Waals surface area contributed by atoms with Gasteiger partial charge in [-0.1, -0.05) is 18.2 Å². The van der Waals surface area contributed by atoms with Gasteiger partial charge >= 0.3 is 6.03 Å². The molecule has 0 saturated heterocycles. The van der Waals surface area contributed by atoms with Crippen molar-refractivity contribution in [1.82, 2.24) is 10.3 Å². The number of thiophene rings is 1. The number of carbonyl (C=O) groups is 1. The Morgan fingerprint density at radius 3 is 2.78 bits per heavy atom. The van der Waals surface area contributed by atoms with Crippen LogP contribution in [0.1, 0.15) is 16.0 Å². The molecule has 0 fully saturated rings. The minimum absolute atomic E-state index is 0.237. The molecule has 0 aliphatic heterocycles. The van der Waals surface area contributed by atoms with E-state index in [1.54, 1.807) is 11.3 Å². The molecule has 2 heterocycles. The number of thiazole rings is 1. The number of hydrogen-bond acceptors (Lipinski definition) is 4. The lowest BCUT2D eigenvalue weighted by atomic mass is 10.1. The maximum atomic E-state index is 11.9. The lowest BCUT2D eigenvalue weighted by molar-refractivity contribution is 0.252. The summed E-state index contributed by atoms with van der Waals surface area (Å²) in [6.07, 6.45) is 0. The first-order chi connectivity index (χ1) is 11.1. The van der Waals surface area contributed by atoms with E-state index >= 15 is 0 Å². The molecule has 23 heavy (non-hydrogen) atoms. The van der Waals surface area contributed by atoms with Gasteiger partial charge in [-0.05, 0) is 42.5 Å². The average Bonchev–Trinajstić information content (AvgIpc) is 3.19. The van der Waals surface area contributed by atoms with Gasteiger partial charge in [0.05, 0.1) is 12.2 Å². The van der Waals surface area contributed by atoms with Crippen LogP contribution in [0.2, 0.25) is 0 Å². The maximum Gasteiger partial charge on any atom is 0.321 e. The smallest absolute Gasteiger partial charge is 0.321 e. The number of rotatable bonds is 4. The molecule has 2 N–H and O–H groups in total. The molecule has 2 aromatic heterocycles. The van der Waals surface area contributed by atoms with E-state index < -0.39 is 0 Å². The molecule has 0 atom stereocenters. The zero-order valence-electron chi connectivity index (χ0n) is 12.9. The Kier molecular flexibility index (Phi) is 4.73. The van der Waals surface area contributed by atoms with E-state index in [1.165, 1.54) is 22.5 Å². The maximum absolute atomic E-state index is 11.9. The van der Waals surface area contributed by atoms with E-state index in [0.717, 1.165) is 16.1 Å². The third-order valence-corrected chi connectivity index (χ3v) is 5.16. The Labute approximate surface area is 143 Å². The number of urea groups is 1. The third-order valence-electron chi connectivity index (χ3n) is 3.53. The molecule has 0 aliphatic rings. The fraction of sp³-hybridized carbons (Fsp3) is 0.176. The van der Waals surface area contributed by atoms with Crippen molar-refractivity contribution in [3.05, 3.63) is 57.1 Å². The molecular formula is C17H17N3OS2. The largest absolute Gasteiger partial charge is 0.333 e. The van der Waals surface area contributed by atoms with Crippen molar-refractivity contribution in [2.24, 2.45) is 0 Å². The second-order valence-electron chi connectivity index (χ2n) is 5.22. The molecular weight excluding hydrogens is 326 g/mol. The van der Waals surface area contributed by atoms with Crippen molar-refractivity contribution in [3.8, 4) is 11.3 Å². The van der Waals surface area contributed by atoms with Crippen LogP contribution in [0.5, 0.6) is 0 Å². The molecule has 4 nitrogen and oxygen atoms in total. The number of aryl methyl sites for hydroxylation is 2. The summed E-state index contributed by atoms with van der Waals surface area (Å²) in [4.78, 5) is 17.5. The van der Waals surface area contributed by atoms with Crippen molar-refractivity contribution < 1.29 is 4.79 Å². The summed E-state index contributed by atoms with van der Waals surface area (Å²) >= 11 is 3.05. The van der Waals surface area contributed by atoms with E-state index in [9.17, 15) is 4.79 Å². The molecule has 3 aromatic rings. The first kappa shape index (κ1) is 15.7. The van der Waals surface area contributed by atoms with Crippen LogP contribution in [0, 0.1) is 13.8 Å². The van der Waals surface area contributed by atoms with Crippen LogP contribution in [0.4, 0.5) is 9.93 Å². The molecule has 0 unspecified atom stereocenters. The number of anilines is 1. The van der Waals surface area contributed by atoms with Gasteiger partial charge in [0.15, 0.2) is 5.13 Å². The Bertz CT molecular complexity index is 809. The summed E-state index contributed by atoms with van der Waals surface area (Å²) in [7, 11) is 0. The average molecular weight is 343 g/mol. The van der Waals surface area contributed by atoms with Crippen molar-refractivity contribution in [3.63, 3.8) is 0 Å². The molecule has 6 heteroatoms. The summed E-state index contributed by atoms with van der Waals surface area (Å²) in [5.41, 5.74) is 4.44. The monoisotopic (exact) mass is 343 g/mol. The topological polar surface area (TPSA) is 54.0 Å². The van der Waals surface area contributed by atoms with Crippen molar-refractivity contribution in [2.45, 2.75) is 20.4 Å². The van der Waals surface area contributed by atoms with Gasteiger partial charge in [-0.2, -0.15) is 0 Å². The number of benzene rings is 1.